The van der Waals surface area contributed by atoms with Crippen molar-refractivity contribution in [2.45, 2.75) is 19.3 Å². The molecule has 2 aromatic carbocycles. The van der Waals surface area contributed by atoms with E-state index in [0.717, 1.165) is 24.3 Å². The van der Waals surface area contributed by atoms with Gasteiger partial charge in [-0.15, -0.1) is 5.10 Å². The second-order valence-corrected chi connectivity index (χ2v) is 6.33. The first kappa shape index (κ1) is 16.5. The maximum Gasteiger partial charge on any atom is 0.157 e. The van der Waals surface area contributed by atoms with Crippen molar-refractivity contribution in [3.05, 3.63) is 83.2 Å². The minimum absolute atomic E-state index is 0.162. The molecular formula is C20H19N5O. The number of nitriles is 1. The second-order valence-electron chi connectivity index (χ2n) is 6.33. The van der Waals surface area contributed by atoms with Crippen molar-refractivity contribution in [1.29, 1.82) is 5.26 Å². The van der Waals surface area contributed by atoms with Gasteiger partial charge in [0.1, 0.15) is 5.69 Å². The fourth-order valence-electron chi connectivity index (χ4n) is 3.13. The predicted octanol–water partition coefficient (Wildman–Crippen LogP) is 2.73. The van der Waals surface area contributed by atoms with Gasteiger partial charge in [0.25, 0.3) is 0 Å². The van der Waals surface area contributed by atoms with Gasteiger partial charge in [-0.1, -0.05) is 47.7 Å². The normalized spacial score (nSPS) is 17.3. The van der Waals surface area contributed by atoms with E-state index < -0.39 is 0 Å². The Morgan fingerprint density at radius 1 is 1.04 bits per heavy atom. The van der Waals surface area contributed by atoms with Crippen LogP contribution in [0.15, 0.2) is 60.8 Å². The van der Waals surface area contributed by atoms with Crippen LogP contribution in [-0.2, 0) is 17.8 Å². The van der Waals surface area contributed by atoms with Gasteiger partial charge in [0.15, 0.2) is 6.23 Å². The van der Waals surface area contributed by atoms with Gasteiger partial charge in [-0.25, -0.2) is 4.68 Å². The lowest BCUT2D eigenvalue weighted by Crippen LogP contribution is -2.23. The minimum atomic E-state index is -0.162. The summed E-state index contributed by atoms with van der Waals surface area (Å²) >= 11 is 0. The summed E-state index contributed by atoms with van der Waals surface area (Å²) < 4.78 is 7.70. The van der Waals surface area contributed by atoms with E-state index in [9.17, 15) is 0 Å². The maximum absolute atomic E-state index is 8.88. The monoisotopic (exact) mass is 345 g/mol. The number of benzene rings is 2. The van der Waals surface area contributed by atoms with Crippen molar-refractivity contribution in [3.8, 4) is 6.07 Å². The molecule has 0 bridgehead atoms. The molecule has 3 aromatic rings. The van der Waals surface area contributed by atoms with Crippen LogP contribution in [0.4, 0.5) is 0 Å². The highest BCUT2D eigenvalue weighted by atomic mass is 16.5. The van der Waals surface area contributed by atoms with Crippen LogP contribution in [0, 0.1) is 11.3 Å². The van der Waals surface area contributed by atoms with E-state index in [1.165, 1.54) is 5.56 Å². The molecule has 0 saturated carbocycles. The quantitative estimate of drug-likeness (QED) is 0.711. The lowest BCUT2D eigenvalue weighted by Gasteiger charge is -2.20. The summed E-state index contributed by atoms with van der Waals surface area (Å²) in [6.45, 7) is 3.01. The van der Waals surface area contributed by atoms with Crippen LogP contribution in [0.5, 0.6) is 0 Å². The van der Waals surface area contributed by atoms with Crippen molar-refractivity contribution in [3.63, 3.8) is 0 Å². The Bertz CT molecular complexity index is 898. The second kappa shape index (κ2) is 7.48. The molecule has 1 aliphatic rings. The molecule has 6 nitrogen and oxygen atoms in total. The molecule has 1 fully saturated rings. The Balaban J connectivity index is 1.45. The number of ether oxygens (including phenoxy) is 1. The summed E-state index contributed by atoms with van der Waals surface area (Å²) in [4.78, 5) is 2.27. The lowest BCUT2D eigenvalue weighted by molar-refractivity contribution is 0.0252. The molecular weight excluding hydrogens is 326 g/mol. The van der Waals surface area contributed by atoms with Crippen molar-refractivity contribution < 1.29 is 4.74 Å². The molecule has 0 amide bonds. The molecule has 2 heterocycles. The minimum Gasteiger partial charge on any atom is -0.356 e. The molecule has 0 radical (unpaired) electrons. The van der Waals surface area contributed by atoms with E-state index in [-0.39, 0.29) is 6.23 Å². The van der Waals surface area contributed by atoms with Crippen LogP contribution in [0.3, 0.4) is 0 Å². The number of aromatic nitrogens is 3. The van der Waals surface area contributed by atoms with Gasteiger partial charge in [0, 0.05) is 13.1 Å². The first-order chi connectivity index (χ1) is 12.8. The van der Waals surface area contributed by atoms with E-state index in [2.05, 4.69) is 45.5 Å². The SMILES string of the molecule is N#Cc1ccc(Cn2cc([C@@H]3OCCN3Cc3ccccc3)nn2)cc1. The summed E-state index contributed by atoms with van der Waals surface area (Å²) in [7, 11) is 0. The smallest absolute Gasteiger partial charge is 0.157 e. The zero-order valence-corrected chi connectivity index (χ0v) is 14.3. The van der Waals surface area contributed by atoms with Crippen LogP contribution in [0.2, 0.25) is 0 Å². The molecule has 4 rings (SSSR count). The first-order valence-electron chi connectivity index (χ1n) is 8.60. The van der Waals surface area contributed by atoms with Crippen molar-refractivity contribution >= 4 is 0 Å². The Morgan fingerprint density at radius 2 is 1.81 bits per heavy atom. The number of hydrogen-bond donors (Lipinski definition) is 0. The van der Waals surface area contributed by atoms with Gasteiger partial charge < -0.3 is 4.74 Å². The standard InChI is InChI=1S/C20H19N5O/c21-12-16-6-8-18(9-7-16)14-25-15-19(22-23-25)20-24(10-11-26-20)13-17-4-2-1-3-5-17/h1-9,15,20H,10-11,13-14H2/t20-/m0/s1. The van der Waals surface area contributed by atoms with Crippen LogP contribution < -0.4 is 0 Å². The third-order valence-corrected chi connectivity index (χ3v) is 4.45. The lowest BCUT2D eigenvalue weighted by atomic mass is 10.1. The Kier molecular flexibility index (Phi) is 4.73. The van der Waals surface area contributed by atoms with E-state index in [1.807, 2.05) is 36.5 Å². The van der Waals surface area contributed by atoms with Crippen molar-refractivity contribution in [2.75, 3.05) is 13.2 Å². The average molecular weight is 345 g/mol. The summed E-state index contributed by atoms with van der Waals surface area (Å²) in [5.41, 5.74) is 3.82. The van der Waals surface area contributed by atoms with Crippen LogP contribution in [0.1, 0.15) is 28.6 Å². The highest BCUT2D eigenvalue weighted by Crippen LogP contribution is 2.26. The topological polar surface area (TPSA) is 67.0 Å². The fraction of sp³-hybridized carbons (Fsp3) is 0.250. The Hall–Kier alpha value is -3.01. The molecule has 0 unspecified atom stereocenters. The molecule has 0 aliphatic carbocycles. The largest absolute Gasteiger partial charge is 0.356 e. The molecule has 1 aliphatic heterocycles. The zero-order valence-electron chi connectivity index (χ0n) is 14.3. The van der Waals surface area contributed by atoms with E-state index in [1.54, 1.807) is 4.68 Å². The van der Waals surface area contributed by atoms with E-state index >= 15 is 0 Å². The van der Waals surface area contributed by atoms with Crippen LogP contribution in [-0.4, -0.2) is 33.0 Å². The van der Waals surface area contributed by atoms with E-state index in [4.69, 9.17) is 10.00 Å². The van der Waals surface area contributed by atoms with Gasteiger partial charge in [0.2, 0.25) is 0 Å². The molecule has 0 spiro atoms. The summed E-state index contributed by atoms with van der Waals surface area (Å²) in [5.74, 6) is 0. The fourth-order valence-corrected chi connectivity index (χ4v) is 3.13. The first-order valence-corrected chi connectivity index (χ1v) is 8.60. The third-order valence-electron chi connectivity index (χ3n) is 4.45. The summed E-state index contributed by atoms with van der Waals surface area (Å²) in [5, 5.41) is 17.4. The average Bonchev–Trinajstić information content (AvgIpc) is 3.32. The van der Waals surface area contributed by atoms with Crippen LogP contribution in [0.25, 0.3) is 0 Å². The Morgan fingerprint density at radius 3 is 2.58 bits per heavy atom. The van der Waals surface area contributed by atoms with Crippen molar-refractivity contribution in [1.82, 2.24) is 19.9 Å². The van der Waals surface area contributed by atoms with Crippen LogP contribution >= 0.6 is 0 Å². The number of hydrogen-bond acceptors (Lipinski definition) is 5. The number of rotatable bonds is 5. The third kappa shape index (κ3) is 3.64. The van der Waals surface area contributed by atoms with Gasteiger partial charge in [-0.2, -0.15) is 5.26 Å². The Labute approximate surface area is 152 Å². The van der Waals surface area contributed by atoms with E-state index in [0.29, 0.717) is 18.7 Å². The van der Waals surface area contributed by atoms with Crippen molar-refractivity contribution in [2.24, 2.45) is 0 Å². The zero-order chi connectivity index (χ0) is 17.8. The highest BCUT2D eigenvalue weighted by molar-refractivity contribution is 5.31. The molecule has 1 atom stereocenters. The summed E-state index contributed by atoms with van der Waals surface area (Å²) in [6.07, 6.45) is 1.77. The molecule has 1 aromatic heterocycles. The summed E-state index contributed by atoms with van der Waals surface area (Å²) in [6, 6.07) is 20.0. The van der Waals surface area contributed by atoms with Gasteiger partial charge in [-0.05, 0) is 23.3 Å². The molecule has 1 saturated heterocycles. The van der Waals surface area contributed by atoms with Gasteiger partial charge in [0.05, 0.1) is 31.0 Å². The highest BCUT2D eigenvalue weighted by Gasteiger charge is 2.29. The number of nitrogens with zero attached hydrogens (tertiary/aromatic N) is 5. The molecule has 6 heteroatoms. The maximum atomic E-state index is 8.88. The van der Waals surface area contributed by atoms with Gasteiger partial charge in [-0.3, -0.25) is 4.90 Å². The predicted molar refractivity (Wildman–Crippen MR) is 95.8 cm³/mol. The van der Waals surface area contributed by atoms with Gasteiger partial charge >= 0.3 is 0 Å². The molecule has 130 valence electrons. The molecule has 26 heavy (non-hydrogen) atoms. The molecule has 0 N–H and O–H groups in total.